The van der Waals surface area contributed by atoms with E-state index in [1.807, 2.05) is 0 Å². The van der Waals surface area contributed by atoms with Gasteiger partial charge in [-0.25, -0.2) is 9.37 Å². The number of carbonyl (C=O) groups excluding carboxylic acids is 2. The van der Waals surface area contributed by atoms with Gasteiger partial charge in [0.25, 0.3) is 5.91 Å². The Bertz CT molecular complexity index is 1210. The fourth-order valence-corrected chi connectivity index (χ4v) is 3.56. The number of carbonyl (C=O) groups is 2. The molecule has 0 atom stereocenters. The molecular weight excluding hydrogens is 393 g/mol. The summed E-state index contributed by atoms with van der Waals surface area (Å²) in [4.78, 5) is 29.0. The van der Waals surface area contributed by atoms with Crippen LogP contribution in [-0.4, -0.2) is 22.9 Å². The number of nitrogens with zero attached hydrogens (tertiary/aromatic N) is 3. The molecule has 2 heterocycles. The van der Waals surface area contributed by atoms with Crippen molar-refractivity contribution in [3.8, 4) is 0 Å². The number of rotatable bonds is 5. The highest BCUT2D eigenvalue weighted by atomic mass is 32.1. The van der Waals surface area contributed by atoms with E-state index in [0.717, 1.165) is 16.3 Å². The van der Waals surface area contributed by atoms with Crippen LogP contribution in [0.2, 0.25) is 0 Å². The van der Waals surface area contributed by atoms with Crippen molar-refractivity contribution in [1.82, 2.24) is 4.98 Å². The summed E-state index contributed by atoms with van der Waals surface area (Å²) in [6.45, 7) is 1.46. The van der Waals surface area contributed by atoms with Crippen molar-refractivity contribution in [2.45, 2.75) is 6.92 Å². The Balaban J connectivity index is 1.74. The molecule has 4 rings (SSSR count). The van der Waals surface area contributed by atoms with Crippen LogP contribution in [0.1, 0.15) is 33.4 Å². The third kappa shape index (κ3) is 3.97. The van der Waals surface area contributed by atoms with E-state index in [-0.39, 0.29) is 16.7 Å². The summed E-state index contributed by atoms with van der Waals surface area (Å²) < 4.78 is 19.4. The van der Waals surface area contributed by atoms with Crippen molar-refractivity contribution in [3.63, 3.8) is 0 Å². The molecule has 144 valence electrons. The Hall–Kier alpha value is -3.65. The van der Waals surface area contributed by atoms with Crippen LogP contribution < -0.4 is 5.01 Å². The number of halogens is 1. The molecule has 0 N–H and O–H groups in total. The summed E-state index contributed by atoms with van der Waals surface area (Å²) in [7, 11) is 0. The van der Waals surface area contributed by atoms with Gasteiger partial charge in [0.15, 0.2) is 5.78 Å². The van der Waals surface area contributed by atoms with Gasteiger partial charge in [-0.2, -0.15) is 10.1 Å². The maximum absolute atomic E-state index is 13.5. The van der Waals surface area contributed by atoms with Crippen molar-refractivity contribution < 1.29 is 18.4 Å². The van der Waals surface area contributed by atoms with Gasteiger partial charge < -0.3 is 4.42 Å². The molecule has 0 saturated carbocycles. The highest BCUT2D eigenvalue weighted by Crippen LogP contribution is 2.30. The number of aromatic nitrogens is 1. The monoisotopic (exact) mass is 407 g/mol. The van der Waals surface area contributed by atoms with Gasteiger partial charge in [0, 0.05) is 11.1 Å². The van der Waals surface area contributed by atoms with E-state index >= 15 is 0 Å². The number of benzene rings is 2. The lowest BCUT2D eigenvalue weighted by Crippen LogP contribution is -2.25. The summed E-state index contributed by atoms with van der Waals surface area (Å²) in [5, 5.41) is 5.66. The maximum Gasteiger partial charge on any atom is 0.280 e. The third-order valence-electron chi connectivity index (χ3n) is 4.09. The van der Waals surface area contributed by atoms with E-state index in [9.17, 15) is 14.0 Å². The molecule has 0 spiro atoms. The van der Waals surface area contributed by atoms with Crippen molar-refractivity contribution in [2.24, 2.45) is 5.10 Å². The lowest BCUT2D eigenvalue weighted by Gasteiger charge is -2.13. The number of hydrogen-bond acceptors (Lipinski definition) is 6. The van der Waals surface area contributed by atoms with E-state index < -0.39 is 5.91 Å². The SMILES string of the molecule is CC(=O)c1ccc(C(=O)N(/N=C\c2ccco2)c2nc3ccc(F)cc3s2)cc1. The van der Waals surface area contributed by atoms with Crippen molar-refractivity contribution >= 4 is 44.6 Å². The molecule has 6 nitrogen and oxygen atoms in total. The molecule has 0 unspecified atom stereocenters. The van der Waals surface area contributed by atoms with Gasteiger partial charge in [0.2, 0.25) is 5.13 Å². The first-order valence-electron chi connectivity index (χ1n) is 8.60. The van der Waals surface area contributed by atoms with Crippen LogP contribution in [-0.2, 0) is 0 Å². The Morgan fingerprint density at radius 1 is 1.14 bits per heavy atom. The highest BCUT2D eigenvalue weighted by Gasteiger charge is 2.21. The van der Waals surface area contributed by atoms with Crippen LogP contribution in [0, 0.1) is 5.82 Å². The first-order chi connectivity index (χ1) is 14.0. The summed E-state index contributed by atoms with van der Waals surface area (Å²) in [5.74, 6) is -0.460. The highest BCUT2D eigenvalue weighted by molar-refractivity contribution is 7.22. The quantitative estimate of drug-likeness (QED) is 0.268. The smallest absolute Gasteiger partial charge is 0.280 e. The molecule has 4 aromatic rings. The Morgan fingerprint density at radius 2 is 1.90 bits per heavy atom. The lowest BCUT2D eigenvalue weighted by molar-refractivity contribution is 0.0983. The van der Waals surface area contributed by atoms with Crippen LogP contribution in [0.15, 0.2) is 70.4 Å². The molecule has 2 aromatic carbocycles. The largest absolute Gasteiger partial charge is 0.463 e. The van der Waals surface area contributed by atoms with E-state index in [4.69, 9.17) is 4.42 Å². The zero-order valence-electron chi connectivity index (χ0n) is 15.2. The number of furan rings is 1. The fourth-order valence-electron chi connectivity index (χ4n) is 2.61. The molecule has 0 aliphatic heterocycles. The predicted molar refractivity (Wildman–Crippen MR) is 109 cm³/mol. The first-order valence-corrected chi connectivity index (χ1v) is 9.42. The minimum atomic E-state index is -0.442. The van der Waals surface area contributed by atoms with Crippen LogP contribution in [0.4, 0.5) is 9.52 Å². The topological polar surface area (TPSA) is 75.8 Å². The van der Waals surface area contributed by atoms with Crippen molar-refractivity contribution in [3.05, 3.63) is 83.6 Å². The van der Waals surface area contributed by atoms with Gasteiger partial charge in [-0.3, -0.25) is 9.59 Å². The number of ketones is 1. The maximum atomic E-state index is 13.5. The normalized spacial score (nSPS) is 11.2. The number of hydrogen-bond donors (Lipinski definition) is 0. The van der Waals surface area contributed by atoms with Crippen LogP contribution >= 0.6 is 11.3 Å². The Labute approximate surface area is 168 Å². The van der Waals surface area contributed by atoms with Crippen LogP contribution in [0.5, 0.6) is 0 Å². The molecule has 0 fully saturated rings. The molecule has 0 aliphatic carbocycles. The van der Waals surface area contributed by atoms with Crippen LogP contribution in [0.3, 0.4) is 0 Å². The molecule has 0 bridgehead atoms. The second-order valence-electron chi connectivity index (χ2n) is 6.12. The summed E-state index contributed by atoms with van der Waals surface area (Å²) in [6, 6.07) is 13.9. The summed E-state index contributed by atoms with van der Waals surface area (Å²) in [5.41, 5.74) is 1.39. The van der Waals surface area contributed by atoms with Gasteiger partial charge in [-0.1, -0.05) is 23.5 Å². The van der Waals surface area contributed by atoms with Gasteiger partial charge >= 0.3 is 0 Å². The molecule has 1 amide bonds. The number of Topliss-reactive ketones (excluding diaryl/α,β-unsaturated/α-hetero) is 1. The van der Waals surface area contributed by atoms with Crippen molar-refractivity contribution in [1.29, 1.82) is 0 Å². The average molecular weight is 407 g/mol. The number of amides is 1. The van der Waals surface area contributed by atoms with E-state index in [1.54, 1.807) is 42.5 Å². The minimum absolute atomic E-state index is 0.0927. The molecule has 0 aliphatic rings. The predicted octanol–water partition coefficient (Wildman–Crippen LogP) is 4.91. The van der Waals surface area contributed by atoms with E-state index in [1.165, 1.54) is 31.5 Å². The third-order valence-corrected chi connectivity index (χ3v) is 5.09. The summed E-state index contributed by atoms with van der Waals surface area (Å²) >= 11 is 1.14. The van der Waals surface area contributed by atoms with E-state index in [2.05, 4.69) is 10.1 Å². The Morgan fingerprint density at radius 3 is 2.59 bits per heavy atom. The molecule has 0 radical (unpaired) electrons. The fraction of sp³-hybridized carbons (Fsp3) is 0.0476. The number of anilines is 1. The second kappa shape index (κ2) is 7.76. The average Bonchev–Trinajstić information content (AvgIpc) is 3.37. The van der Waals surface area contributed by atoms with Crippen molar-refractivity contribution in [2.75, 3.05) is 5.01 Å². The zero-order chi connectivity index (χ0) is 20.4. The number of fused-ring (bicyclic) bond motifs is 1. The number of thiazole rings is 1. The summed E-state index contributed by atoms with van der Waals surface area (Å²) in [6.07, 6.45) is 2.89. The molecular formula is C21H14FN3O3S. The lowest BCUT2D eigenvalue weighted by atomic mass is 10.1. The van der Waals surface area contributed by atoms with Gasteiger partial charge in [-0.05, 0) is 49.4 Å². The Kier molecular flexibility index (Phi) is 5.01. The van der Waals surface area contributed by atoms with Gasteiger partial charge in [-0.15, -0.1) is 0 Å². The zero-order valence-corrected chi connectivity index (χ0v) is 16.0. The number of hydrazone groups is 1. The van der Waals surface area contributed by atoms with Gasteiger partial charge in [0.05, 0.1) is 22.7 Å². The first kappa shape index (κ1) is 18.7. The molecule has 0 saturated heterocycles. The van der Waals surface area contributed by atoms with E-state index in [0.29, 0.717) is 27.1 Å². The molecule has 2 aromatic heterocycles. The van der Waals surface area contributed by atoms with Crippen LogP contribution in [0.25, 0.3) is 10.2 Å². The van der Waals surface area contributed by atoms with Gasteiger partial charge in [0.1, 0.15) is 11.6 Å². The second-order valence-corrected chi connectivity index (χ2v) is 7.13. The molecule has 29 heavy (non-hydrogen) atoms. The molecule has 8 heteroatoms. The standard InChI is InChI=1S/C21H14FN3O3S/c1-13(26)14-4-6-15(7-5-14)20(27)25(23-12-17-3-2-10-28-17)21-24-18-9-8-16(22)11-19(18)29-21/h2-12H,1H3/b23-12-. The minimum Gasteiger partial charge on any atom is -0.463 e.